The van der Waals surface area contributed by atoms with Crippen molar-refractivity contribution in [1.29, 1.82) is 0 Å². The van der Waals surface area contributed by atoms with Crippen LogP contribution >= 0.6 is 0 Å². The fourth-order valence-corrected chi connectivity index (χ4v) is 2.00. The molecule has 0 atom stereocenters. The van der Waals surface area contributed by atoms with E-state index in [4.69, 9.17) is 0 Å². The highest BCUT2D eigenvalue weighted by atomic mass is 16.1. The first-order valence-electron chi connectivity index (χ1n) is 6.97. The number of carbonyl (C=O) groups excluding carboxylic acids is 1. The van der Waals surface area contributed by atoms with Gasteiger partial charge in [0, 0.05) is 32.0 Å². The maximum atomic E-state index is 11.0. The van der Waals surface area contributed by atoms with E-state index in [-0.39, 0.29) is 13.3 Å². The number of nitrogens with zero attached hydrogens (tertiary/aromatic N) is 1. The quantitative estimate of drug-likeness (QED) is 0.415. The Hall–Kier alpha value is -1.38. The van der Waals surface area contributed by atoms with Crippen molar-refractivity contribution in [2.45, 2.75) is 51.5 Å². The van der Waals surface area contributed by atoms with Gasteiger partial charge in [0.15, 0.2) is 12.4 Å². The number of pyridine rings is 1. The molecule has 1 aromatic rings. The Morgan fingerprint density at radius 1 is 0.947 bits per heavy atom. The molecule has 1 N–H and O–H groups in total. The predicted octanol–water partition coefficient (Wildman–Crippen LogP) is 2.90. The summed E-state index contributed by atoms with van der Waals surface area (Å²) in [5.41, 5.74) is 0. The van der Waals surface area contributed by atoms with Crippen molar-refractivity contribution in [2.75, 3.05) is 7.05 Å². The first-order valence-corrected chi connectivity index (χ1v) is 6.97. The molecule has 0 radical (unpaired) electrons. The Morgan fingerprint density at radius 3 is 2.16 bits per heavy atom. The van der Waals surface area contributed by atoms with Crippen molar-refractivity contribution in [2.24, 2.45) is 0 Å². The first kappa shape index (κ1) is 17.6. The van der Waals surface area contributed by atoms with Crippen LogP contribution in [-0.2, 0) is 11.3 Å². The van der Waals surface area contributed by atoms with E-state index in [0.717, 1.165) is 13.0 Å². The normalized spacial score (nSPS) is 9.74. The minimum absolute atomic E-state index is 0. The second-order valence-corrected chi connectivity index (χ2v) is 4.66. The molecular weight excluding hydrogens is 236 g/mol. The molecule has 0 unspecified atom stereocenters. The third-order valence-corrected chi connectivity index (χ3v) is 3.13. The van der Waals surface area contributed by atoms with Gasteiger partial charge in [0.2, 0.25) is 5.91 Å². The van der Waals surface area contributed by atoms with Gasteiger partial charge in [0.25, 0.3) is 0 Å². The van der Waals surface area contributed by atoms with Gasteiger partial charge < -0.3 is 12.7 Å². The van der Waals surface area contributed by atoms with Crippen LogP contribution in [0.2, 0.25) is 0 Å². The number of aromatic nitrogens is 1. The zero-order valence-electron chi connectivity index (χ0n) is 12.4. The van der Waals surface area contributed by atoms with E-state index in [1.165, 1.54) is 32.1 Å². The van der Waals surface area contributed by atoms with Gasteiger partial charge in [-0.3, -0.25) is 4.79 Å². The summed E-state index contributed by atoms with van der Waals surface area (Å²) in [6, 6.07) is 6.18. The van der Waals surface area contributed by atoms with Crippen LogP contribution in [0.1, 0.15) is 44.9 Å². The van der Waals surface area contributed by atoms with Gasteiger partial charge in [-0.15, -0.1) is 0 Å². The van der Waals surface area contributed by atoms with Crippen molar-refractivity contribution in [3.05, 3.63) is 38.0 Å². The Balaban J connectivity index is 0.00000324. The molecule has 0 aliphatic heterocycles. The molecule has 0 aliphatic rings. The van der Waals surface area contributed by atoms with Gasteiger partial charge in [-0.25, -0.2) is 4.57 Å². The molecule has 0 fully saturated rings. The molecule has 3 nitrogen and oxygen atoms in total. The minimum Gasteiger partial charge on any atom is -0.359 e. The molecule has 1 aromatic heterocycles. The van der Waals surface area contributed by atoms with E-state index >= 15 is 0 Å². The summed E-state index contributed by atoms with van der Waals surface area (Å²) in [5.74, 6) is 0.162. The molecule has 108 valence electrons. The van der Waals surface area contributed by atoms with E-state index < -0.39 is 0 Å². The highest BCUT2D eigenvalue weighted by Gasteiger charge is 1.99. The van der Waals surface area contributed by atoms with E-state index in [1.807, 2.05) is 6.07 Å². The van der Waals surface area contributed by atoms with Gasteiger partial charge >= 0.3 is 0 Å². The van der Waals surface area contributed by atoms with Crippen LogP contribution in [0.3, 0.4) is 0 Å². The number of hydrogen-bond acceptors (Lipinski definition) is 1. The van der Waals surface area contributed by atoms with Crippen LogP contribution in [0.25, 0.3) is 0 Å². The molecule has 0 bridgehead atoms. The smallest absolute Gasteiger partial charge is 0.219 e. The number of aryl methyl sites for hydroxylation is 1. The summed E-state index contributed by atoms with van der Waals surface area (Å²) >= 11 is 0. The number of hydrogen-bond donors (Lipinski definition) is 1. The third-order valence-electron chi connectivity index (χ3n) is 3.13. The second kappa shape index (κ2) is 11.7. The van der Waals surface area contributed by atoms with E-state index in [9.17, 15) is 4.79 Å². The monoisotopic (exact) mass is 264 g/mol. The Morgan fingerprint density at radius 2 is 1.53 bits per heavy atom. The summed E-state index contributed by atoms with van der Waals surface area (Å²) in [4.78, 5) is 11.0. The lowest BCUT2D eigenvalue weighted by Crippen LogP contribution is -2.32. The zero-order chi connectivity index (χ0) is 13.1. The molecule has 0 saturated carbocycles. The maximum absolute atomic E-state index is 11.0. The highest BCUT2D eigenvalue weighted by molar-refractivity contribution is 5.75. The zero-order valence-corrected chi connectivity index (χ0v) is 12.4. The van der Waals surface area contributed by atoms with Gasteiger partial charge in [-0.1, -0.05) is 25.3 Å². The molecule has 0 saturated heterocycles. The highest BCUT2D eigenvalue weighted by Crippen LogP contribution is 2.07. The van der Waals surface area contributed by atoms with Crippen LogP contribution in [0.4, 0.5) is 0 Å². The van der Waals surface area contributed by atoms with Crippen LogP contribution in [-0.4, -0.2) is 13.0 Å². The van der Waals surface area contributed by atoms with E-state index in [2.05, 4.69) is 34.4 Å². The van der Waals surface area contributed by atoms with Crippen molar-refractivity contribution in [3.8, 4) is 0 Å². The topological polar surface area (TPSA) is 33.0 Å². The lowest BCUT2D eigenvalue weighted by Gasteiger charge is -2.01. The molecular formula is C16H28N2O. The average Bonchev–Trinajstić information content (AvgIpc) is 2.42. The van der Waals surface area contributed by atoms with Crippen molar-refractivity contribution in [1.82, 2.24) is 5.32 Å². The number of amides is 1. The SMILES string of the molecule is CNC(=O)CCCCCCCC[n+]1ccccc1.[CH3-]. The maximum Gasteiger partial charge on any atom is 0.219 e. The molecule has 3 heteroatoms. The Kier molecular flexibility index (Phi) is 10.8. The number of rotatable bonds is 9. The summed E-state index contributed by atoms with van der Waals surface area (Å²) in [5, 5.41) is 2.65. The first-order chi connectivity index (χ1) is 8.83. The minimum atomic E-state index is 0. The summed E-state index contributed by atoms with van der Waals surface area (Å²) in [6.07, 6.45) is 12.1. The molecule has 1 amide bonds. The standard InChI is InChI=1S/C15H24N2O.CH3/c1-16-15(18)11-7-4-2-3-5-8-12-17-13-9-6-10-14-17;/h6,9-10,13-14H,2-5,7-8,11-12H2,1H3;1H3/q;-1/p+1. The van der Waals surface area contributed by atoms with Gasteiger partial charge in [-0.05, 0) is 12.8 Å². The van der Waals surface area contributed by atoms with E-state index in [0.29, 0.717) is 6.42 Å². The number of nitrogens with one attached hydrogen (secondary N) is 1. The Labute approximate surface area is 118 Å². The van der Waals surface area contributed by atoms with Gasteiger partial charge in [0.1, 0.15) is 6.54 Å². The second-order valence-electron chi connectivity index (χ2n) is 4.66. The molecule has 0 aromatic carbocycles. The molecule has 1 rings (SSSR count). The molecule has 0 aliphatic carbocycles. The average molecular weight is 264 g/mol. The molecule has 0 spiro atoms. The van der Waals surface area contributed by atoms with Gasteiger partial charge in [-0.2, -0.15) is 0 Å². The predicted molar refractivity (Wildman–Crippen MR) is 79.4 cm³/mol. The van der Waals surface area contributed by atoms with Crippen molar-refractivity contribution in [3.63, 3.8) is 0 Å². The molecule has 19 heavy (non-hydrogen) atoms. The molecule has 1 heterocycles. The van der Waals surface area contributed by atoms with E-state index in [1.54, 1.807) is 7.05 Å². The Bertz CT molecular complexity index is 325. The van der Waals surface area contributed by atoms with Crippen LogP contribution in [0, 0.1) is 7.43 Å². The number of unbranched alkanes of at least 4 members (excludes halogenated alkanes) is 5. The summed E-state index contributed by atoms with van der Waals surface area (Å²) in [6.45, 7) is 1.11. The van der Waals surface area contributed by atoms with Crippen LogP contribution < -0.4 is 9.88 Å². The third kappa shape index (κ3) is 9.23. The van der Waals surface area contributed by atoms with Crippen LogP contribution in [0.15, 0.2) is 30.6 Å². The summed E-state index contributed by atoms with van der Waals surface area (Å²) in [7, 11) is 1.70. The fraction of sp³-hybridized carbons (Fsp3) is 0.562. The lowest BCUT2D eigenvalue weighted by molar-refractivity contribution is -0.697. The lowest BCUT2D eigenvalue weighted by atomic mass is 10.1. The van der Waals surface area contributed by atoms with Gasteiger partial charge in [0.05, 0.1) is 0 Å². The fourth-order valence-electron chi connectivity index (χ4n) is 2.00. The van der Waals surface area contributed by atoms with Crippen molar-refractivity contribution < 1.29 is 9.36 Å². The number of carbonyl (C=O) groups is 1. The van der Waals surface area contributed by atoms with Crippen LogP contribution in [0.5, 0.6) is 0 Å². The van der Waals surface area contributed by atoms with Crippen molar-refractivity contribution >= 4 is 5.91 Å². The largest absolute Gasteiger partial charge is 0.359 e. The summed E-state index contributed by atoms with van der Waals surface area (Å²) < 4.78 is 2.23.